The molecule has 1 heterocycles. The highest BCUT2D eigenvalue weighted by molar-refractivity contribution is 5.96. The number of aromatic amines is 1. The third-order valence-corrected chi connectivity index (χ3v) is 4.33. The van der Waals surface area contributed by atoms with Crippen molar-refractivity contribution < 1.29 is 9.53 Å². The van der Waals surface area contributed by atoms with E-state index in [1.54, 1.807) is 0 Å². The second kappa shape index (κ2) is 7.37. The molecule has 1 amide bonds. The van der Waals surface area contributed by atoms with Crippen molar-refractivity contribution in [2.75, 3.05) is 6.61 Å². The van der Waals surface area contributed by atoms with Crippen molar-refractivity contribution >= 4 is 5.91 Å². The summed E-state index contributed by atoms with van der Waals surface area (Å²) in [6, 6.07) is 7.78. The molecule has 6 heteroatoms. The van der Waals surface area contributed by atoms with Gasteiger partial charge in [-0.15, -0.1) is 0 Å². The normalized spacial score (nSPS) is 15.7. The number of hydrogen-bond donors (Lipinski definition) is 2. The van der Waals surface area contributed by atoms with E-state index in [9.17, 15) is 4.79 Å². The van der Waals surface area contributed by atoms with Gasteiger partial charge in [0.1, 0.15) is 5.69 Å². The Balaban J connectivity index is 1.63. The number of nitrogens with two attached hydrogens (primary N) is 1. The van der Waals surface area contributed by atoms with Crippen LogP contribution in [0.25, 0.3) is 11.3 Å². The van der Waals surface area contributed by atoms with Crippen LogP contribution in [0.4, 0.5) is 0 Å². The molecule has 0 bridgehead atoms. The van der Waals surface area contributed by atoms with Crippen LogP contribution in [0.3, 0.4) is 0 Å². The van der Waals surface area contributed by atoms with Crippen molar-refractivity contribution in [1.82, 2.24) is 15.4 Å². The summed E-state index contributed by atoms with van der Waals surface area (Å²) in [5.74, 6) is 0.108. The quantitative estimate of drug-likeness (QED) is 0.857. The van der Waals surface area contributed by atoms with Crippen LogP contribution in [0.2, 0.25) is 0 Å². The van der Waals surface area contributed by atoms with Gasteiger partial charge in [0.2, 0.25) is 0 Å². The van der Waals surface area contributed by atoms with Crippen LogP contribution in [0, 0.1) is 5.92 Å². The van der Waals surface area contributed by atoms with E-state index >= 15 is 0 Å². The molecule has 23 heavy (non-hydrogen) atoms. The number of nitrogens with zero attached hydrogens (tertiary/aromatic N) is 2. The molecule has 3 rings (SSSR count). The number of H-pyrrole nitrogens is 1. The van der Waals surface area contributed by atoms with Crippen molar-refractivity contribution in [2.24, 2.45) is 11.7 Å². The topological polar surface area (TPSA) is 93.9 Å². The van der Waals surface area contributed by atoms with Crippen LogP contribution >= 0.6 is 0 Å². The van der Waals surface area contributed by atoms with Gasteiger partial charge in [-0.25, -0.2) is 0 Å². The van der Waals surface area contributed by atoms with Crippen molar-refractivity contribution in [3.05, 3.63) is 35.5 Å². The Bertz CT molecular complexity index is 662. The Kier molecular flexibility index (Phi) is 5.02. The molecule has 1 aliphatic rings. The lowest BCUT2D eigenvalue weighted by molar-refractivity contribution is 0.0739. The maximum Gasteiger partial charge on any atom is 0.271 e. The number of carbonyl (C=O) groups is 1. The molecule has 0 aliphatic heterocycles. The third-order valence-electron chi connectivity index (χ3n) is 4.33. The zero-order valence-electron chi connectivity index (χ0n) is 13.1. The second-order valence-corrected chi connectivity index (χ2v) is 6.10. The summed E-state index contributed by atoms with van der Waals surface area (Å²) >= 11 is 0. The maximum absolute atomic E-state index is 11.4. The molecule has 1 aromatic heterocycles. The number of benzene rings is 1. The Hall–Kier alpha value is -2.21. The lowest BCUT2D eigenvalue weighted by atomic mass is 9.90. The first kappa shape index (κ1) is 15.7. The molecular formula is C17H22N4O2. The van der Waals surface area contributed by atoms with E-state index in [-0.39, 0.29) is 5.69 Å². The van der Waals surface area contributed by atoms with E-state index in [2.05, 4.69) is 15.4 Å². The molecule has 0 spiro atoms. The molecule has 0 atom stereocenters. The van der Waals surface area contributed by atoms with Crippen LogP contribution in [-0.2, 0) is 11.3 Å². The Morgan fingerprint density at radius 2 is 2.09 bits per heavy atom. The van der Waals surface area contributed by atoms with Crippen LogP contribution < -0.4 is 5.73 Å². The van der Waals surface area contributed by atoms with Gasteiger partial charge in [0.15, 0.2) is 5.69 Å². The van der Waals surface area contributed by atoms with Gasteiger partial charge in [-0.05, 0) is 30.4 Å². The highest BCUT2D eigenvalue weighted by atomic mass is 16.5. The number of nitrogens with one attached hydrogen (secondary N) is 1. The predicted molar refractivity (Wildman–Crippen MR) is 86.6 cm³/mol. The maximum atomic E-state index is 11.4. The number of aromatic nitrogens is 3. The van der Waals surface area contributed by atoms with E-state index in [4.69, 9.17) is 10.5 Å². The summed E-state index contributed by atoms with van der Waals surface area (Å²) in [7, 11) is 0. The number of ether oxygens (including phenoxy) is 1. The highest BCUT2D eigenvalue weighted by Gasteiger charge is 2.16. The zero-order valence-corrected chi connectivity index (χ0v) is 13.1. The predicted octanol–water partition coefficient (Wildman–Crippen LogP) is 2.67. The summed E-state index contributed by atoms with van der Waals surface area (Å²) in [6.07, 6.45) is 6.57. The molecule has 6 nitrogen and oxygen atoms in total. The van der Waals surface area contributed by atoms with Gasteiger partial charge >= 0.3 is 0 Å². The standard InChI is InChI=1S/C17H22N4O2/c18-17(22)16-15(19-21-20-16)14-8-4-7-13(9-14)11-23-10-12-5-2-1-3-6-12/h4,7-9,12H,1-3,5-6,10-11H2,(H2,18,22)(H,19,20,21). The Morgan fingerprint density at radius 3 is 2.87 bits per heavy atom. The first-order chi connectivity index (χ1) is 11.2. The SMILES string of the molecule is NC(=O)c1n[nH]nc1-c1cccc(COCC2CCCCC2)c1. The smallest absolute Gasteiger partial charge is 0.271 e. The van der Waals surface area contributed by atoms with Gasteiger partial charge in [-0.2, -0.15) is 15.4 Å². The van der Waals surface area contributed by atoms with E-state index in [1.165, 1.54) is 32.1 Å². The van der Waals surface area contributed by atoms with Crippen molar-refractivity contribution in [2.45, 2.75) is 38.7 Å². The summed E-state index contributed by atoms with van der Waals surface area (Å²) in [6.45, 7) is 1.38. The van der Waals surface area contributed by atoms with Gasteiger partial charge in [0.05, 0.1) is 6.61 Å². The number of primary amides is 1. The fraction of sp³-hybridized carbons (Fsp3) is 0.471. The fourth-order valence-electron chi connectivity index (χ4n) is 3.11. The van der Waals surface area contributed by atoms with E-state index < -0.39 is 5.91 Å². The summed E-state index contributed by atoms with van der Waals surface area (Å²) in [5.41, 5.74) is 7.81. The van der Waals surface area contributed by atoms with E-state index in [1.807, 2.05) is 24.3 Å². The van der Waals surface area contributed by atoms with Gasteiger partial charge < -0.3 is 10.5 Å². The van der Waals surface area contributed by atoms with Gasteiger partial charge in [0, 0.05) is 12.2 Å². The number of amides is 1. The molecule has 1 fully saturated rings. The lowest BCUT2D eigenvalue weighted by Crippen LogP contribution is -2.13. The molecule has 2 aromatic rings. The first-order valence-corrected chi connectivity index (χ1v) is 8.11. The summed E-state index contributed by atoms with van der Waals surface area (Å²) in [4.78, 5) is 11.4. The van der Waals surface area contributed by atoms with Crippen LogP contribution in [0.5, 0.6) is 0 Å². The van der Waals surface area contributed by atoms with Crippen LogP contribution in [0.15, 0.2) is 24.3 Å². The molecule has 0 unspecified atom stereocenters. The van der Waals surface area contributed by atoms with Gasteiger partial charge in [-0.3, -0.25) is 4.79 Å². The lowest BCUT2D eigenvalue weighted by Gasteiger charge is -2.21. The molecule has 1 saturated carbocycles. The molecule has 0 saturated heterocycles. The number of hydrogen-bond acceptors (Lipinski definition) is 4. The van der Waals surface area contributed by atoms with E-state index in [0.717, 1.165) is 17.7 Å². The van der Waals surface area contributed by atoms with Crippen LogP contribution in [0.1, 0.15) is 48.2 Å². The third kappa shape index (κ3) is 3.96. The van der Waals surface area contributed by atoms with Gasteiger partial charge in [-0.1, -0.05) is 37.5 Å². The molecule has 1 aromatic carbocycles. The average Bonchev–Trinajstić information content (AvgIpc) is 3.06. The minimum absolute atomic E-state index is 0.158. The molecule has 1 aliphatic carbocycles. The van der Waals surface area contributed by atoms with Crippen LogP contribution in [-0.4, -0.2) is 27.9 Å². The minimum Gasteiger partial charge on any atom is -0.376 e. The Morgan fingerprint density at radius 1 is 1.26 bits per heavy atom. The molecule has 3 N–H and O–H groups in total. The zero-order chi connectivity index (χ0) is 16.1. The van der Waals surface area contributed by atoms with Crippen molar-refractivity contribution in [1.29, 1.82) is 0 Å². The minimum atomic E-state index is -0.590. The molecule has 122 valence electrons. The first-order valence-electron chi connectivity index (χ1n) is 8.11. The summed E-state index contributed by atoms with van der Waals surface area (Å²) in [5, 5.41) is 10.3. The van der Waals surface area contributed by atoms with Crippen molar-refractivity contribution in [3.8, 4) is 11.3 Å². The largest absolute Gasteiger partial charge is 0.376 e. The highest BCUT2D eigenvalue weighted by Crippen LogP contribution is 2.24. The number of carbonyl (C=O) groups excluding carboxylic acids is 1. The summed E-state index contributed by atoms with van der Waals surface area (Å²) < 4.78 is 5.87. The van der Waals surface area contributed by atoms with Crippen molar-refractivity contribution in [3.63, 3.8) is 0 Å². The number of rotatable bonds is 6. The monoisotopic (exact) mass is 314 g/mol. The molecule has 0 radical (unpaired) electrons. The fourth-order valence-corrected chi connectivity index (χ4v) is 3.11. The molecular weight excluding hydrogens is 292 g/mol. The van der Waals surface area contributed by atoms with E-state index in [0.29, 0.717) is 18.2 Å². The Labute approximate surface area is 135 Å². The van der Waals surface area contributed by atoms with Gasteiger partial charge in [0.25, 0.3) is 5.91 Å². The average molecular weight is 314 g/mol. The second-order valence-electron chi connectivity index (χ2n) is 6.10.